The summed E-state index contributed by atoms with van der Waals surface area (Å²) >= 11 is 1.35. The average molecular weight is 451 g/mol. The van der Waals surface area contributed by atoms with Gasteiger partial charge < -0.3 is 4.57 Å². The van der Waals surface area contributed by atoms with Crippen LogP contribution in [0.25, 0.3) is 12.2 Å². The van der Waals surface area contributed by atoms with Gasteiger partial charge >= 0.3 is 0 Å². The Hall–Kier alpha value is -3.59. The summed E-state index contributed by atoms with van der Waals surface area (Å²) in [6.07, 6.45) is 8.94. The number of thiazole rings is 1. The molecule has 4 aromatic rings. The second kappa shape index (κ2) is 9.27. The number of rotatable bonds is 7. The lowest BCUT2D eigenvalue weighted by molar-refractivity contribution is 0.101. The lowest BCUT2D eigenvalue weighted by atomic mass is 10.2. The molecule has 4 rings (SSSR count). The highest BCUT2D eigenvalue weighted by Gasteiger charge is 2.14. The van der Waals surface area contributed by atoms with Crippen molar-refractivity contribution in [3.63, 3.8) is 0 Å². The molecular formula is C23H23FN6OS. The van der Waals surface area contributed by atoms with Gasteiger partial charge in [0.2, 0.25) is 5.95 Å². The molecule has 0 aliphatic carbocycles. The zero-order valence-corrected chi connectivity index (χ0v) is 18.8. The first-order valence-electron chi connectivity index (χ1n) is 10.2. The summed E-state index contributed by atoms with van der Waals surface area (Å²) in [6, 6.07) is 6.83. The molecule has 0 aromatic carbocycles. The van der Waals surface area contributed by atoms with Gasteiger partial charge in [0.05, 0.1) is 17.6 Å². The van der Waals surface area contributed by atoms with Crippen LogP contribution in [-0.2, 0) is 6.54 Å². The predicted octanol–water partition coefficient (Wildman–Crippen LogP) is 5.04. The minimum absolute atomic E-state index is 0.258. The Morgan fingerprint density at radius 1 is 1.31 bits per heavy atom. The third-order valence-electron chi connectivity index (χ3n) is 4.88. The van der Waals surface area contributed by atoms with Gasteiger partial charge in [0.25, 0.3) is 5.91 Å². The van der Waals surface area contributed by atoms with Gasteiger partial charge in [0.1, 0.15) is 5.69 Å². The molecule has 4 aromatic heterocycles. The van der Waals surface area contributed by atoms with Crippen molar-refractivity contribution in [1.82, 2.24) is 24.3 Å². The van der Waals surface area contributed by atoms with Gasteiger partial charge in [-0.25, -0.2) is 9.97 Å². The number of hydrogen-bond acceptors (Lipinski definition) is 5. The van der Waals surface area contributed by atoms with Crippen LogP contribution in [0.1, 0.15) is 52.9 Å². The monoisotopic (exact) mass is 450 g/mol. The highest BCUT2D eigenvalue weighted by atomic mass is 32.1. The molecule has 164 valence electrons. The number of carbonyl (C=O) groups excluding carboxylic acids is 1. The van der Waals surface area contributed by atoms with Gasteiger partial charge in [-0.1, -0.05) is 0 Å². The first-order chi connectivity index (χ1) is 15.4. The van der Waals surface area contributed by atoms with E-state index in [0.29, 0.717) is 17.4 Å². The van der Waals surface area contributed by atoms with Crippen molar-refractivity contribution in [3.05, 3.63) is 82.4 Å². The van der Waals surface area contributed by atoms with Crippen molar-refractivity contribution >= 4 is 34.5 Å². The standard InChI is InChI=1S/C23H23FN6OS/c1-15(2)30-19(16(3)12-26-30)7-6-18-14-32-23(27-18)28-22(31)20-5-4-10-29(20)13-17-8-9-25-21(24)11-17/h4-12,14-15H,13H2,1-3H3,(H,27,28,31). The Kier molecular flexibility index (Phi) is 6.27. The molecule has 0 spiro atoms. The molecule has 0 bridgehead atoms. The van der Waals surface area contributed by atoms with E-state index in [-0.39, 0.29) is 11.9 Å². The maximum atomic E-state index is 13.4. The smallest absolute Gasteiger partial charge is 0.274 e. The summed E-state index contributed by atoms with van der Waals surface area (Å²) in [7, 11) is 0. The van der Waals surface area contributed by atoms with E-state index in [1.807, 2.05) is 35.3 Å². The van der Waals surface area contributed by atoms with Crippen molar-refractivity contribution < 1.29 is 9.18 Å². The van der Waals surface area contributed by atoms with E-state index in [1.165, 1.54) is 23.6 Å². The number of anilines is 1. The molecule has 32 heavy (non-hydrogen) atoms. The largest absolute Gasteiger partial charge is 0.339 e. The fraction of sp³-hybridized carbons (Fsp3) is 0.217. The minimum atomic E-state index is -0.546. The molecule has 9 heteroatoms. The number of nitrogens with one attached hydrogen (secondary N) is 1. The number of nitrogens with zero attached hydrogens (tertiary/aromatic N) is 5. The highest BCUT2D eigenvalue weighted by Crippen LogP contribution is 2.21. The molecular weight excluding hydrogens is 427 g/mol. The topological polar surface area (TPSA) is 77.6 Å². The molecule has 0 saturated heterocycles. The van der Waals surface area contributed by atoms with E-state index < -0.39 is 5.95 Å². The fourth-order valence-corrected chi connectivity index (χ4v) is 3.99. The molecule has 4 heterocycles. The Bertz CT molecular complexity index is 1270. The van der Waals surface area contributed by atoms with Crippen LogP contribution in [0.4, 0.5) is 9.52 Å². The summed E-state index contributed by atoms with van der Waals surface area (Å²) < 4.78 is 17.1. The normalized spacial score (nSPS) is 11.5. The van der Waals surface area contributed by atoms with Crippen molar-refractivity contribution in [2.75, 3.05) is 5.32 Å². The summed E-state index contributed by atoms with van der Waals surface area (Å²) in [5.74, 6) is -0.821. The van der Waals surface area contributed by atoms with Gasteiger partial charge in [-0.05, 0) is 68.3 Å². The number of halogens is 1. The second-order valence-electron chi connectivity index (χ2n) is 7.62. The minimum Gasteiger partial charge on any atom is -0.339 e. The molecule has 0 saturated carbocycles. The Morgan fingerprint density at radius 3 is 2.94 bits per heavy atom. The number of hydrogen-bond donors (Lipinski definition) is 1. The number of aromatic nitrogens is 5. The number of amides is 1. The quantitative estimate of drug-likeness (QED) is 0.400. The Morgan fingerprint density at radius 2 is 2.16 bits per heavy atom. The van der Waals surface area contributed by atoms with Crippen LogP contribution in [-0.4, -0.2) is 30.2 Å². The van der Waals surface area contributed by atoms with Crippen molar-refractivity contribution in [2.45, 2.75) is 33.4 Å². The lowest BCUT2D eigenvalue weighted by Gasteiger charge is -2.09. The summed E-state index contributed by atoms with van der Waals surface area (Å²) in [6.45, 7) is 6.56. The zero-order chi connectivity index (χ0) is 22.7. The number of pyridine rings is 1. The first-order valence-corrected chi connectivity index (χ1v) is 11.0. The van der Waals surface area contributed by atoms with Crippen LogP contribution in [0.3, 0.4) is 0 Å². The maximum absolute atomic E-state index is 13.4. The third-order valence-corrected chi connectivity index (χ3v) is 5.65. The van der Waals surface area contributed by atoms with Crippen LogP contribution in [0.15, 0.2) is 48.2 Å². The predicted molar refractivity (Wildman–Crippen MR) is 124 cm³/mol. The number of carbonyl (C=O) groups is 1. The van der Waals surface area contributed by atoms with Gasteiger partial charge in [0.15, 0.2) is 5.13 Å². The highest BCUT2D eigenvalue weighted by molar-refractivity contribution is 7.14. The fourth-order valence-electron chi connectivity index (χ4n) is 3.32. The average Bonchev–Trinajstić information content (AvgIpc) is 3.47. The van der Waals surface area contributed by atoms with E-state index in [0.717, 1.165) is 22.5 Å². The van der Waals surface area contributed by atoms with Gasteiger partial charge in [-0.2, -0.15) is 9.49 Å². The molecule has 0 fully saturated rings. The first kappa shape index (κ1) is 21.6. The molecule has 0 atom stereocenters. The molecule has 0 radical (unpaired) electrons. The number of aryl methyl sites for hydroxylation is 1. The summed E-state index contributed by atoms with van der Waals surface area (Å²) in [4.78, 5) is 20.8. The van der Waals surface area contributed by atoms with Crippen molar-refractivity contribution in [1.29, 1.82) is 0 Å². The lowest BCUT2D eigenvalue weighted by Crippen LogP contribution is -2.17. The molecule has 1 amide bonds. The maximum Gasteiger partial charge on any atom is 0.274 e. The van der Waals surface area contributed by atoms with E-state index in [1.54, 1.807) is 29.0 Å². The summed E-state index contributed by atoms with van der Waals surface area (Å²) in [5, 5.41) is 9.65. The van der Waals surface area contributed by atoms with E-state index >= 15 is 0 Å². The van der Waals surface area contributed by atoms with E-state index in [9.17, 15) is 9.18 Å². The van der Waals surface area contributed by atoms with Crippen molar-refractivity contribution in [3.8, 4) is 0 Å². The molecule has 0 aliphatic heterocycles. The van der Waals surface area contributed by atoms with Gasteiger partial charge in [0, 0.05) is 30.4 Å². The van der Waals surface area contributed by atoms with Crippen LogP contribution in [0, 0.1) is 12.9 Å². The van der Waals surface area contributed by atoms with Crippen molar-refractivity contribution in [2.24, 2.45) is 0 Å². The SMILES string of the molecule is Cc1cnn(C(C)C)c1C=Cc1csc(NC(=O)c2cccn2Cc2ccnc(F)c2)n1. The van der Waals surface area contributed by atoms with Crippen LogP contribution in [0.2, 0.25) is 0 Å². The third kappa shape index (κ3) is 4.83. The zero-order valence-electron chi connectivity index (χ0n) is 18.0. The molecule has 1 N–H and O–H groups in total. The second-order valence-corrected chi connectivity index (χ2v) is 8.48. The summed E-state index contributed by atoms with van der Waals surface area (Å²) in [5.41, 5.74) is 4.06. The van der Waals surface area contributed by atoms with Crippen LogP contribution < -0.4 is 5.32 Å². The molecule has 0 unspecified atom stereocenters. The Labute approximate surface area is 189 Å². The van der Waals surface area contributed by atoms with E-state index in [2.05, 4.69) is 34.2 Å². The van der Waals surface area contributed by atoms with Gasteiger partial charge in [-0.15, -0.1) is 11.3 Å². The molecule has 0 aliphatic rings. The van der Waals surface area contributed by atoms with Gasteiger partial charge in [-0.3, -0.25) is 14.8 Å². The van der Waals surface area contributed by atoms with E-state index in [4.69, 9.17) is 0 Å². The van der Waals surface area contributed by atoms with Crippen LogP contribution in [0.5, 0.6) is 0 Å². The Balaban J connectivity index is 1.45. The molecule has 7 nitrogen and oxygen atoms in total. The van der Waals surface area contributed by atoms with Crippen LogP contribution >= 0.6 is 11.3 Å².